The van der Waals surface area contributed by atoms with Crippen LogP contribution in [0.15, 0.2) is 36.1 Å². The van der Waals surface area contributed by atoms with Crippen molar-refractivity contribution < 1.29 is 88.9 Å². The van der Waals surface area contributed by atoms with Gasteiger partial charge in [0.25, 0.3) is 0 Å². The number of hydrogen-bond donors (Lipinski definition) is 1. The molecule has 0 spiro atoms. The molecule has 4 nitrogen and oxygen atoms in total. The van der Waals surface area contributed by atoms with Gasteiger partial charge in [-0.2, -0.15) is 74.6 Å². The van der Waals surface area contributed by atoms with Gasteiger partial charge in [0, 0.05) is 11.8 Å². The van der Waals surface area contributed by atoms with Crippen LogP contribution in [0, 0.1) is 0 Å². The van der Waals surface area contributed by atoms with Crippen molar-refractivity contribution >= 4 is 11.8 Å². The maximum Gasteiger partial charge on any atom is 0.460 e. The Morgan fingerprint density at radius 2 is 1.23 bits per heavy atom. The van der Waals surface area contributed by atoms with Crippen LogP contribution in [0.4, 0.5) is 85.1 Å². The van der Waals surface area contributed by atoms with E-state index in [4.69, 9.17) is 4.74 Å². The number of benzene rings is 1. The molecule has 1 amide bonds. The summed E-state index contributed by atoms with van der Waals surface area (Å²) in [6, 6.07) is -0.823. The summed E-state index contributed by atoms with van der Waals surface area (Å²) in [6.07, 6.45) is -6.19. The Morgan fingerprint density at radius 3 is 1.74 bits per heavy atom. The lowest BCUT2D eigenvalue weighted by Gasteiger charge is -2.41. The molecule has 0 aromatic heterocycles. The Hall–Kier alpha value is -3.16. The zero-order valence-corrected chi connectivity index (χ0v) is 21.0. The molecule has 1 aromatic carbocycles. The first kappa shape index (κ1) is 37.9. The second-order valence-electron chi connectivity index (χ2n) is 8.48. The third kappa shape index (κ3) is 7.15. The molecule has 0 saturated carbocycles. The molecule has 0 radical (unpaired) electrons. The molecular weight excluding hydrogens is 649 g/mol. The average molecular weight is 667 g/mol. The van der Waals surface area contributed by atoms with Gasteiger partial charge in [0.05, 0.1) is 6.61 Å². The molecule has 1 N–H and O–H groups in total. The van der Waals surface area contributed by atoms with E-state index in [0.29, 0.717) is 25.0 Å². The van der Waals surface area contributed by atoms with Crippen LogP contribution in [0.2, 0.25) is 0 Å². The third-order valence-corrected chi connectivity index (χ3v) is 5.29. The van der Waals surface area contributed by atoms with Crippen molar-refractivity contribution in [1.82, 2.24) is 0 Å². The van der Waals surface area contributed by atoms with Crippen LogP contribution in [-0.2, 0) is 4.74 Å². The number of ether oxygens (including phenoxy) is 2. The van der Waals surface area contributed by atoms with E-state index >= 15 is 0 Å². The van der Waals surface area contributed by atoms with Crippen molar-refractivity contribution in [2.24, 2.45) is 0 Å². The maximum atomic E-state index is 13.9. The Labute approximate surface area is 229 Å². The second-order valence-corrected chi connectivity index (χ2v) is 8.48. The SMILES string of the molecule is CCCCCCOC(=O)Nc1cccc(OC(F)=C(F)C(F)(F)C(F)(F)C(F)(F)C(F)(F)C(F)(F)C(F)(F)C(F)(F)F)c1. The lowest BCUT2D eigenvalue weighted by atomic mass is 9.91. The topological polar surface area (TPSA) is 47.6 Å². The Balaban J connectivity index is 3.30. The lowest BCUT2D eigenvalue weighted by molar-refractivity contribution is -0.451. The minimum Gasteiger partial charge on any atom is -0.449 e. The molecule has 0 aliphatic heterocycles. The van der Waals surface area contributed by atoms with Crippen LogP contribution in [0.5, 0.6) is 5.75 Å². The highest BCUT2D eigenvalue weighted by Gasteiger charge is 2.93. The Morgan fingerprint density at radius 1 is 0.721 bits per heavy atom. The van der Waals surface area contributed by atoms with Crippen molar-refractivity contribution in [3.8, 4) is 5.75 Å². The van der Waals surface area contributed by atoms with Crippen LogP contribution in [0.1, 0.15) is 32.6 Å². The zero-order valence-electron chi connectivity index (χ0n) is 21.0. The number of rotatable bonds is 14. The predicted octanol–water partition coefficient (Wildman–Crippen LogP) is 9.68. The second kappa shape index (κ2) is 12.8. The predicted molar refractivity (Wildman–Crippen MR) is 111 cm³/mol. The van der Waals surface area contributed by atoms with Crippen LogP contribution in [0.3, 0.4) is 0 Å². The molecule has 0 fully saturated rings. The van der Waals surface area contributed by atoms with Crippen molar-refractivity contribution in [1.29, 1.82) is 0 Å². The van der Waals surface area contributed by atoms with Gasteiger partial charge in [0.1, 0.15) is 5.75 Å². The number of nitrogens with one attached hydrogen (secondary N) is 1. The monoisotopic (exact) mass is 667 g/mol. The highest BCUT2D eigenvalue weighted by atomic mass is 19.4. The molecule has 0 saturated heterocycles. The molecule has 0 aliphatic rings. The van der Waals surface area contributed by atoms with Gasteiger partial charge >= 0.3 is 53.8 Å². The largest absolute Gasteiger partial charge is 0.460 e. The fraction of sp³-hybridized carbons (Fsp3) is 0.591. The fourth-order valence-electron chi connectivity index (χ4n) is 2.86. The van der Waals surface area contributed by atoms with Crippen LogP contribution in [-0.4, -0.2) is 54.4 Å². The molecule has 1 rings (SSSR count). The molecular formula is C22H18F17NO3. The van der Waals surface area contributed by atoms with Crippen molar-refractivity contribution in [3.63, 3.8) is 0 Å². The van der Waals surface area contributed by atoms with Crippen molar-refractivity contribution in [2.75, 3.05) is 11.9 Å². The highest BCUT2D eigenvalue weighted by molar-refractivity contribution is 5.84. The molecule has 248 valence electrons. The van der Waals surface area contributed by atoms with E-state index in [0.717, 1.165) is 25.0 Å². The molecule has 43 heavy (non-hydrogen) atoms. The average Bonchev–Trinajstić information content (AvgIpc) is 2.86. The first-order valence-electron chi connectivity index (χ1n) is 11.3. The first-order valence-corrected chi connectivity index (χ1v) is 11.3. The van der Waals surface area contributed by atoms with E-state index in [1.165, 1.54) is 0 Å². The number of allylic oxidation sites excluding steroid dienone is 1. The maximum absolute atomic E-state index is 13.9. The van der Waals surface area contributed by atoms with Gasteiger partial charge in [-0.05, 0) is 18.6 Å². The number of carbonyl (C=O) groups excluding carboxylic acids is 1. The van der Waals surface area contributed by atoms with E-state index in [1.54, 1.807) is 0 Å². The standard InChI is InChI=1S/C22H18F17NO3/c1-2-3-4-5-9-42-15(41)40-11-7-6-8-12(10-11)43-14(24)13(23)16(25,26)17(27,28)18(29,30)19(31,32)20(33,34)21(35,36)22(37,38)39/h6-8,10H,2-5,9H2,1H3,(H,40,41). The van der Waals surface area contributed by atoms with E-state index in [-0.39, 0.29) is 6.61 Å². The van der Waals surface area contributed by atoms with Gasteiger partial charge in [-0.15, -0.1) is 0 Å². The van der Waals surface area contributed by atoms with Crippen LogP contribution < -0.4 is 10.1 Å². The summed E-state index contributed by atoms with van der Waals surface area (Å²) in [5.74, 6) is -55.7. The fourth-order valence-corrected chi connectivity index (χ4v) is 2.86. The smallest absolute Gasteiger partial charge is 0.449 e. The quantitative estimate of drug-likeness (QED) is 0.122. The van der Waals surface area contributed by atoms with Gasteiger partial charge in [-0.1, -0.05) is 32.3 Å². The lowest BCUT2D eigenvalue weighted by Crippen LogP contribution is -2.72. The van der Waals surface area contributed by atoms with Gasteiger partial charge in [0.2, 0.25) is 5.83 Å². The number of amides is 1. The van der Waals surface area contributed by atoms with Gasteiger partial charge in [0.15, 0.2) is 0 Å². The molecule has 0 bridgehead atoms. The summed E-state index contributed by atoms with van der Waals surface area (Å²) in [4.78, 5) is 11.7. The summed E-state index contributed by atoms with van der Waals surface area (Å²) >= 11 is 0. The van der Waals surface area contributed by atoms with E-state index in [2.05, 4.69) is 4.74 Å². The minimum atomic E-state index is -8.67. The van der Waals surface area contributed by atoms with Crippen LogP contribution >= 0.6 is 0 Å². The highest BCUT2D eigenvalue weighted by Crippen LogP contribution is 2.63. The number of anilines is 1. The summed E-state index contributed by atoms with van der Waals surface area (Å²) in [5.41, 5.74) is -0.430. The van der Waals surface area contributed by atoms with E-state index < -0.39 is 71.1 Å². The Bertz CT molecular complexity index is 1150. The normalized spacial score (nSPS) is 14.7. The van der Waals surface area contributed by atoms with E-state index in [9.17, 15) is 79.4 Å². The van der Waals surface area contributed by atoms with Crippen molar-refractivity contribution in [3.05, 3.63) is 36.1 Å². The molecule has 21 heteroatoms. The van der Waals surface area contributed by atoms with E-state index in [1.807, 2.05) is 12.2 Å². The minimum absolute atomic E-state index is 0.0860. The molecule has 1 aromatic rings. The molecule has 0 heterocycles. The van der Waals surface area contributed by atoms with Crippen LogP contribution in [0.25, 0.3) is 0 Å². The van der Waals surface area contributed by atoms with Gasteiger partial charge < -0.3 is 9.47 Å². The third-order valence-electron chi connectivity index (χ3n) is 5.29. The zero-order chi connectivity index (χ0) is 33.9. The van der Waals surface area contributed by atoms with Gasteiger partial charge in [-0.25, -0.2) is 4.79 Å². The summed E-state index contributed by atoms with van der Waals surface area (Å²) in [5, 5.41) is 1.97. The summed E-state index contributed by atoms with van der Waals surface area (Å²) in [7, 11) is 0. The molecule has 0 unspecified atom stereocenters. The number of unbranched alkanes of at least 4 members (excludes halogenated alkanes) is 3. The molecule has 0 aliphatic carbocycles. The van der Waals surface area contributed by atoms with Gasteiger partial charge in [-0.3, -0.25) is 5.32 Å². The number of carbonyl (C=O) groups is 1. The number of halogens is 17. The number of hydrogen-bond acceptors (Lipinski definition) is 3. The van der Waals surface area contributed by atoms with Crippen molar-refractivity contribution in [2.45, 2.75) is 74.3 Å². The number of alkyl halides is 15. The summed E-state index contributed by atoms with van der Waals surface area (Å²) < 4.78 is 235. The molecule has 0 atom stereocenters. The Kier molecular flexibility index (Phi) is 11.3. The first-order chi connectivity index (χ1) is 19.2. The summed E-state index contributed by atoms with van der Waals surface area (Å²) in [6.45, 7) is 1.80.